The van der Waals surface area contributed by atoms with E-state index in [0.717, 1.165) is 36.0 Å². The highest BCUT2D eigenvalue weighted by Gasteiger charge is 2.47. The lowest BCUT2D eigenvalue weighted by molar-refractivity contribution is 0.392. The lowest BCUT2D eigenvalue weighted by Gasteiger charge is -2.23. The molecule has 0 aliphatic heterocycles. The van der Waals surface area contributed by atoms with E-state index in [-0.39, 0.29) is 17.1 Å². The average Bonchev–Trinajstić information content (AvgIpc) is 3.02. The Bertz CT molecular complexity index is 623. The minimum atomic E-state index is -0.174. The molecule has 1 fully saturated rings. The summed E-state index contributed by atoms with van der Waals surface area (Å²) < 4.78 is 0. The van der Waals surface area contributed by atoms with Gasteiger partial charge in [-0.05, 0) is 37.6 Å². The number of hydrogen-bond acceptors (Lipinski definition) is 3. The van der Waals surface area contributed by atoms with Crippen LogP contribution in [0.5, 0.6) is 0 Å². The molecule has 1 saturated carbocycles. The molecule has 1 aromatic heterocycles. The molecular weight excluding hydrogens is 228 g/mol. The van der Waals surface area contributed by atoms with E-state index in [1.54, 1.807) is 0 Å². The Morgan fingerprint density at radius 2 is 2.11 bits per heavy atom. The first kappa shape index (κ1) is 11.5. The summed E-state index contributed by atoms with van der Waals surface area (Å²) in [7, 11) is 1.96. The van der Waals surface area contributed by atoms with Gasteiger partial charge in [0, 0.05) is 18.0 Å². The second-order valence-corrected chi connectivity index (χ2v) is 5.25. The van der Waals surface area contributed by atoms with Crippen molar-refractivity contribution in [2.45, 2.75) is 18.9 Å². The van der Waals surface area contributed by atoms with Crippen LogP contribution in [0.1, 0.15) is 24.4 Å². The molecule has 1 unspecified atom stereocenters. The van der Waals surface area contributed by atoms with Crippen LogP contribution < -0.4 is 16.7 Å². The second kappa shape index (κ2) is 3.96. The third-order valence-electron chi connectivity index (χ3n) is 3.98. The van der Waals surface area contributed by atoms with Crippen molar-refractivity contribution in [2.24, 2.45) is 11.1 Å². The van der Waals surface area contributed by atoms with Crippen LogP contribution in [-0.4, -0.2) is 23.6 Å². The molecule has 18 heavy (non-hydrogen) atoms. The van der Waals surface area contributed by atoms with Crippen molar-refractivity contribution >= 4 is 11.0 Å². The first-order valence-corrected chi connectivity index (χ1v) is 6.27. The number of imidazole rings is 1. The average molecular weight is 246 g/mol. The fourth-order valence-corrected chi connectivity index (χ4v) is 2.71. The van der Waals surface area contributed by atoms with Gasteiger partial charge in [-0.1, -0.05) is 6.07 Å². The highest BCUT2D eigenvalue weighted by atomic mass is 16.1. The van der Waals surface area contributed by atoms with Crippen molar-refractivity contribution in [3.8, 4) is 0 Å². The molecule has 2 aromatic rings. The van der Waals surface area contributed by atoms with Gasteiger partial charge in [0.1, 0.15) is 0 Å². The first-order chi connectivity index (χ1) is 8.64. The van der Waals surface area contributed by atoms with Crippen molar-refractivity contribution in [3.05, 3.63) is 34.2 Å². The van der Waals surface area contributed by atoms with Gasteiger partial charge in [-0.2, -0.15) is 0 Å². The molecule has 5 nitrogen and oxygen atoms in total. The SMILES string of the molecule is CNCC1(C(N)c2ccc3[nH]c(=O)[nH]c3c2)CC1. The van der Waals surface area contributed by atoms with Gasteiger partial charge in [0.2, 0.25) is 0 Å². The molecule has 5 heteroatoms. The Morgan fingerprint density at radius 1 is 1.39 bits per heavy atom. The Hall–Kier alpha value is -1.59. The van der Waals surface area contributed by atoms with Gasteiger partial charge in [0.05, 0.1) is 11.0 Å². The number of H-pyrrole nitrogens is 2. The second-order valence-electron chi connectivity index (χ2n) is 5.25. The molecule has 5 N–H and O–H groups in total. The zero-order chi connectivity index (χ0) is 12.8. The van der Waals surface area contributed by atoms with E-state index in [1.165, 1.54) is 0 Å². The van der Waals surface area contributed by atoms with E-state index >= 15 is 0 Å². The van der Waals surface area contributed by atoms with Crippen molar-refractivity contribution in [1.29, 1.82) is 0 Å². The highest BCUT2D eigenvalue weighted by molar-refractivity contribution is 5.75. The summed E-state index contributed by atoms with van der Waals surface area (Å²) in [5.74, 6) is 0. The van der Waals surface area contributed by atoms with Crippen LogP contribution in [0.25, 0.3) is 11.0 Å². The molecule has 1 atom stereocenters. The molecule has 0 saturated heterocycles. The monoisotopic (exact) mass is 246 g/mol. The van der Waals surface area contributed by atoms with E-state index in [0.29, 0.717) is 0 Å². The number of rotatable bonds is 4. The normalized spacial score (nSPS) is 19.0. The molecule has 0 bridgehead atoms. The molecule has 0 spiro atoms. The summed E-state index contributed by atoms with van der Waals surface area (Å²) in [4.78, 5) is 16.7. The molecular formula is C13H18N4O. The van der Waals surface area contributed by atoms with Gasteiger partial charge in [-0.25, -0.2) is 4.79 Å². The Kier molecular flexibility index (Phi) is 2.53. The van der Waals surface area contributed by atoms with Crippen molar-refractivity contribution in [2.75, 3.05) is 13.6 Å². The third-order valence-corrected chi connectivity index (χ3v) is 3.98. The molecule has 1 aliphatic rings. The van der Waals surface area contributed by atoms with Gasteiger partial charge in [-0.3, -0.25) is 0 Å². The van der Waals surface area contributed by atoms with Gasteiger partial charge >= 0.3 is 5.69 Å². The standard InChI is InChI=1S/C13H18N4O/c1-15-7-13(4-5-13)11(14)8-2-3-9-10(6-8)17-12(18)16-9/h2-3,6,11,15H,4-5,7,14H2,1H3,(H2,16,17,18). The van der Waals surface area contributed by atoms with Crippen molar-refractivity contribution in [3.63, 3.8) is 0 Å². The van der Waals surface area contributed by atoms with Crippen LogP contribution in [0.4, 0.5) is 0 Å². The van der Waals surface area contributed by atoms with Crippen molar-refractivity contribution < 1.29 is 0 Å². The van der Waals surface area contributed by atoms with Crippen LogP contribution in [0.3, 0.4) is 0 Å². The minimum Gasteiger partial charge on any atom is -0.323 e. The number of nitrogens with two attached hydrogens (primary N) is 1. The maximum Gasteiger partial charge on any atom is 0.323 e. The maximum atomic E-state index is 11.2. The number of fused-ring (bicyclic) bond motifs is 1. The Morgan fingerprint density at radius 3 is 2.78 bits per heavy atom. The summed E-state index contributed by atoms with van der Waals surface area (Å²) in [6, 6.07) is 5.92. The summed E-state index contributed by atoms with van der Waals surface area (Å²) in [6.07, 6.45) is 2.33. The van der Waals surface area contributed by atoms with Gasteiger partial charge < -0.3 is 21.0 Å². The fraction of sp³-hybridized carbons (Fsp3) is 0.462. The van der Waals surface area contributed by atoms with Crippen LogP contribution in [0, 0.1) is 5.41 Å². The lowest BCUT2D eigenvalue weighted by Crippen LogP contribution is -2.31. The summed E-state index contributed by atoms with van der Waals surface area (Å²) >= 11 is 0. The van der Waals surface area contributed by atoms with Crippen LogP contribution in [0.2, 0.25) is 0 Å². The number of benzene rings is 1. The number of nitrogens with one attached hydrogen (secondary N) is 3. The molecule has 3 rings (SSSR count). The highest BCUT2D eigenvalue weighted by Crippen LogP contribution is 2.53. The van der Waals surface area contributed by atoms with E-state index in [4.69, 9.17) is 5.73 Å². The summed E-state index contributed by atoms with van der Waals surface area (Å²) in [6.45, 7) is 0.940. The van der Waals surface area contributed by atoms with Crippen LogP contribution in [0.15, 0.2) is 23.0 Å². The summed E-state index contributed by atoms with van der Waals surface area (Å²) in [5, 5.41) is 3.22. The number of aromatic nitrogens is 2. The Balaban J connectivity index is 1.96. The molecule has 0 radical (unpaired) electrons. The summed E-state index contributed by atoms with van der Waals surface area (Å²) in [5.41, 5.74) is 9.14. The first-order valence-electron chi connectivity index (χ1n) is 6.27. The molecule has 1 heterocycles. The number of aromatic amines is 2. The van der Waals surface area contributed by atoms with E-state index in [9.17, 15) is 4.79 Å². The van der Waals surface area contributed by atoms with Gasteiger partial charge in [-0.15, -0.1) is 0 Å². The van der Waals surface area contributed by atoms with Crippen LogP contribution >= 0.6 is 0 Å². The predicted octanol–water partition coefficient (Wildman–Crippen LogP) is 0.856. The maximum absolute atomic E-state index is 11.2. The van der Waals surface area contributed by atoms with Gasteiger partial charge in [0.25, 0.3) is 0 Å². The third kappa shape index (κ3) is 1.76. The molecule has 1 aliphatic carbocycles. The zero-order valence-electron chi connectivity index (χ0n) is 10.4. The minimum absolute atomic E-state index is 0.0211. The zero-order valence-corrected chi connectivity index (χ0v) is 10.4. The van der Waals surface area contributed by atoms with E-state index in [2.05, 4.69) is 15.3 Å². The smallest absolute Gasteiger partial charge is 0.323 e. The quantitative estimate of drug-likeness (QED) is 0.645. The fourth-order valence-electron chi connectivity index (χ4n) is 2.71. The molecule has 96 valence electrons. The van der Waals surface area contributed by atoms with Gasteiger partial charge in [0.15, 0.2) is 0 Å². The van der Waals surface area contributed by atoms with Crippen LogP contribution in [-0.2, 0) is 0 Å². The largest absolute Gasteiger partial charge is 0.323 e. The predicted molar refractivity (Wildman–Crippen MR) is 71.4 cm³/mol. The lowest BCUT2D eigenvalue weighted by atomic mass is 9.90. The Labute approximate surface area is 105 Å². The van der Waals surface area contributed by atoms with Crippen molar-refractivity contribution in [1.82, 2.24) is 15.3 Å². The van der Waals surface area contributed by atoms with E-state index in [1.807, 2.05) is 25.2 Å². The molecule has 1 aromatic carbocycles. The number of hydrogen-bond donors (Lipinski definition) is 4. The van der Waals surface area contributed by atoms with E-state index < -0.39 is 0 Å². The topological polar surface area (TPSA) is 86.7 Å². The molecule has 0 amide bonds.